The zero-order valence-corrected chi connectivity index (χ0v) is 20.9. The fourth-order valence-electron chi connectivity index (χ4n) is 6.19. The molecule has 9 heteroatoms. The van der Waals surface area contributed by atoms with Gasteiger partial charge in [-0.2, -0.15) is 0 Å². The van der Waals surface area contributed by atoms with Gasteiger partial charge < -0.3 is 20.3 Å². The first-order valence-electron chi connectivity index (χ1n) is 12.7. The molecule has 0 spiro atoms. The molecule has 9 unspecified atom stereocenters. The Bertz CT molecular complexity index is 906. The Balaban J connectivity index is 1.40. The number of amides is 1. The standard InChI is InChI=1S/C25H37ClFN5O2/c1-13-14(2)29-24-23(18-5-4-17(26)11-19(18)27)31-21(12-32(24)25(13)33)16-7-9-34-22(10-16)20-6-8-28-15(3)30-20/h4-5,11,13-16,20-24,28-31H,6-10,12H2,1-3H3. The molecule has 4 saturated heterocycles. The summed E-state index contributed by atoms with van der Waals surface area (Å²) in [5, 5.41) is 14.8. The molecule has 0 bridgehead atoms. The summed E-state index contributed by atoms with van der Waals surface area (Å²) in [6.45, 7) is 8.44. The monoisotopic (exact) mass is 493 g/mol. The van der Waals surface area contributed by atoms with E-state index >= 15 is 4.39 Å². The van der Waals surface area contributed by atoms with Crippen LogP contribution in [-0.4, -0.2) is 67.1 Å². The van der Waals surface area contributed by atoms with Crippen molar-refractivity contribution in [2.24, 2.45) is 11.8 Å². The van der Waals surface area contributed by atoms with Gasteiger partial charge in [-0.3, -0.25) is 15.4 Å². The summed E-state index contributed by atoms with van der Waals surface area (Å²) < 4.78 is 21.3. The van der Waals surface area contributed by atoms with E-state index < -0.39 is 0 Å². The van der Waals surface area contributed by atoms with Crippen molar-refractivity contribution in [2.45, 2.75) is 82.6 Å². The maximum atomic E-state index is 15.1. The molecular weight excluding hydrogens is 457 g/mol. The zero-order chi connectivity index (χ0) is 24.0. The molecule has 1 aromatic rings. The number of piperazine rings is 1. The quantitative estimate of drug-likeness (QED) is 0.518. The SMILES string of the molecule is CC1NCCC(C2CC(C3CN4C(=O)C(C)C(C)NC4C(c4ccc(Cl)cc4F)N3)CCO2)N1. The van der Waals surface area contributed by atoms with Crippen LogP contribution in [0.4, 0.5) is 4.39 Å². The lowest BCUT2D eigenvalue weighted by Crippen LogP contribution is -2.72. The second-order valence-electron chi connectivity index (χ2n) is 10.5. The third kappa shape index (κ3) is 4.73. The Morgan fingerprint density at radius 1 is 1.12 bits per heavy atom. The van der Waals surface area contributed by atoms with E-state index in [1.54, 1.807) is 12.1 Å². The minimum atomic E-state index is -0.353. The minimum absolute atomic E-state index is 0.0189. The Morgan fingerprint density at radius 2 is 1.94 bits per heavy atom. The fourth-order valence-corrected chi connectivity index (χ4v) is 6.35. The van der Waals surface area contributed by atoms with E-state index in [4.69, 9.17) is 16.3 Å². The summed E-state index contributed by atoms with van der Waals surface area (Å²) in [5.74, 6) is 0.0176. The van der Waals surface area contributed by atoms with Crippen molar-refractivity contribution >= 4 is 17.5 Å². The molecule has 188 valence electrons. The van der Waals surface area contributed by atoms with Gasteiger partial charge in [0.05, 0.1) is 24.2 Å². The lowest BCUT2D eigenvalue weighted by molar-refractivity contribution is -0.150. The average Bonchev–Trinajstić information content (AvgIpc) is 2.82. The number of fused-ring (bicyclic) bond motifs is 1. The molecule has 34 heavy (non-hydrogen) atoms. The Morgan fingerprint density at radius 3 is 2.71 bits per heavy atom. The van der Waals surface area contributed by atoms with Crippen LogP contribution in [0.2, 0.25) is 5.02 Å². The Kier molecular flexibility index (Phi) is 7.17. The van der Waals surface area contributed by atoms with E-state index in [1.807, 2.05) is 18.7 Å². The van der Waals surface area contributed by atoms with Crippen LogP contribution in [0.25, 0.3) is 0 Å². The average molecular weight is 494 g/mol. The topological polar surface area (TPSA) is 77.7 Å². The largest absolute Gasteiger partial charge is 0.377 e. The van der Waals surface area contributed by atoms with Gasteiger partial charge >= 0.3 is 0 Å². The third-order valence-corrected chi connectivity index (χ3v) is 8.57. The summed E-state index contributed by atoms with van der Waals surface area (Å²) in [6, 6.07) is 4.88. The zero-order valence-electron chi connectivity index (χ0n) is 20.2. The predicted octanol–water partition coefficient (Wildman–Crippen LogP) is 2.37. The Hall–Kier alpha value is -1.29. The highest BCUT2D eigenvalue weighted by molar-refractivity contribution is 6.30. The lowest BCUT2D eigenvalue weighted by atomic mass is 9.81. The van der Waals surface area contributed by atoms with Crippen LogP contribution in [0.15, 0.2) is 18.2 Å². The van der Waals surface area contributed by atoms with Crippen molar-refractivity contribution in [3.05, 3.63) is 34.6 Å². The number of rotatable bonds is 3. The van der Waals surface area contributed by atoms with Gasteiger partial charge in [-0.1, -0.05) is 24.6 Å². The molecule has 0 aliphatic carbocycles. The van der Waals surface area contributed by atoms with Gasteiger partial charge in [0, 0.05) is 41.9 Å². The number of hydrogen-bond donors (Lipinski definition) is 4. The van der Waals surface area contributed by atoms with Crippen LogP contribution in [0.1, 0.15) is 51.6 Å². The summed E-state index contributed by atoms with van der Waals surface area (Å²) in [4.78, 5) is 15.3. The molecule has 4 heterocycles. The molecule has 9 atom stereocenters. The van der Waals surface area contributed by atoms with Crippen LogP contribution in [0, 0.1) is 17.7 Å². The number of nitrogens with zero attached hydrogens (tertiary/aromatic N) is 1. The summed E-state index contributed by atoms with van der Waals surface area (Å²) in [7, 11) is 0. The summed E-state index contributed by atoms with van der Waals surface area (Å²) >= 11 is 6.04. The highest BCUT2D eigenvalue weighted by atomic mass is 35.5. The van der Waals surface area contributed by atoms with E-state index in [0.29, 0.717) is 35.7 Å². The molecule has 4 aliphatic rings. The van der Waals surface area contributed by atoms with Crippen LogP contribution in [-0.2, 0) is 9.53 Å². The molecule has 4 aliphatic heterocycles. The fraction of sp³-hybridized carbons (Fsp3) is 0.720. The number of hydrogen-bond acceptors (Lipinski definition) is 6. The smallest absolute Gasteiger partial charge is 0.228 e. The molecule has 4 N–H and O–H groups in total. The first-order valence-corrected chi connectivity index (χ1v) is 13.1. The maximum absolute atomic E-state index is 15.1. The number of halogens is 2. The van der Waals surface area contributed by atoms with Gasteiger partial charge in [0.1, 0.15) is 12.0 Å². The highest BCUT2D eigenvalue weighted by Gasteiger charge is 2.48. The Labute approximate surface area is 206 Å². The second-order valence-corrected chi connectivity index (χ2v) is 11.0. The normalized spacial score (nSPS) is 41.3. The number of carbonyl (C=O) groups excluding carboxylic acids is 1. The van der Waals surface area contributed by atoms with Crippen molar-refractivity contribution in [1.29, 1.82) is 0 Å². The van der Waals surface area contributed by atoms with Crippen LogP contribution in [0.5, 0.6) is 0 Å². The van der Waals surface area contributed by atoms with Crippen molar-refractivity contribution in [1.82, 2.24) is 26.2 Å². The van der Waals surface area contributed by atoms with E-state index in [-0.39, 0.29) is 54.2 Å². The van der Waals surface area contributed by atoms with Gasteiger partial charge in [0.15, 0.2) is 0 Å². The molecule has 0 saturated carbocycles. The van der Waals surface area contributed by atoms with Crippen molar-refractivity contribution in [3.8, 4) is 0 Å². The van der Waals surface area contributed by atoms with Gasteiger partial charge in [-0.15, -0.1) is 0 Å². The maximum Gasteiger partial charge on any atom is 0.228 e. The van der Waals surface area contributed by atoms with Crippen molar-refractivity contribution in [2.75, 3.05) is 19.7 Å². The van der Waals surface area contributed by atoms with Crippen molar-refractivity contribution < 1.29 is 13.9 Å². The van der Waals surface area contributed by atoms with Gasteiger partial charge in [0.25, 0.3) is 0 Å². The minimum Gasteiger partial charge on any atom is -0.377 e. The van der Waals surface area contributed by atoms with E-state index in [9.17, 15) is 4.79 Å². The molecule has 7 nitrogen and oxygen atoms in total. The first-order chi connectivity index (χ1) is 16.3. The number of carbonyl (C=O) groups is 1. The van der Waals surface area contributed by atoms with Gasteiger partial charge in [0.2, 0.25) is 5.91 Å². The number of benzene rings is 1. The first kappa shape index (κ1) is 24.4. The number of nitrogens with one attached hydrogen (secondary N) is 4. The van der Waals surface area contributed by atoms with E-state index in [1.165, 1.54) is 6.07 Å². The van der Waals surface area contributed by atoms with E-state index in [0.717, 1.165) is 25.8 Å². The van der Waals surface area contributed by atoms with Crippen molar-refractivity contribution in [3.63, 3.8) is 0 Å². The molecule has 0 aromatic heterocycles. The lowest BCUT2D eigenvalue weighted by Gasteiger charge is -2.53. The highest BCUT2D eigenvalue weighted by Crippen LogP contribution is 2.36. The number of ether oxygens (including phenoxy) is 1. The van der Waals surface area contributed by atoms with Crippen LogP contribution in [0.3, 0.4) is 0 Å². The molecule has 1 amide bonds. The van der Waals surface area contributed by atoms with Crippen LogP contribution >= 0.6 is 11.6 Å². The summed E-state index contributed by atoms with van der Waals surface area (Å²) in [6.07, 6.45) is 3.00. The molecule has 0 radical (unpaired) electrons. The van der Waals surface area contributed by atoms with Gasteiger partial charge in [-0.25, -0.2) is 4.39 Å². The predicted molar refractivity (Wildman–Crippen MR) is 130 cm³/mol. The van der Waals surface area contributed by atoms with Crippen LogP contribution < -0.4 is 21.3 Å². The van der Waals surface area contributed by atoms with Gasteiger partial charge in [-0.05, 0) is 57.7 Å². The summed E-state index contributed by atoms with van der Waals surface area (Å²) in [5.41, 5.74) is 0.545. The molecule has 5 rings (SSSR count). The second kappa shape index (κ2) is 9.99. The molecule has 4 fully saturated rings. The third-order valence-electron chi connectivity index (χ3n) is 8.34. The molecule has 1 aromatic carbocycles. The van der Waals surface area contributed by atoms with E-state index in [2.05, 4.69) is 28.2 Å². The molecular formula is C25H37ClFN5O2.